The van der Waals surface area contributed by atoms with Crippen LogP contribution in [0.3, 0.4) is 0 Å². The molecule has 1 aliphatic rings. The minimum Gasteiger partial charge on any atom is -0.390 e. The summed E-state index contributed by atoms with van der Waals surface area (Å²) >= 11 is 0. The zero-order valence-corrected chi connectivity index (χ0v) is 7.99. The second kappa shape index (κ2) is 3.19. The van der Waals surface area contributed by atoms with Gasteiger partial charge in [0, 0.05) is 0 Å². The van der Waals surface area contributed by atoms with Crippen LogP contribution in [0.2, 0.25) is 0 Å². The number of hydrogen-bond donors (Lipinski definition) is 2. The Balaban J connectivity index is 2.70. The SMILES string of the molecule is CC(C)[C@@H]1C=C[C@@](C)(O)[C@@H](O)C1. The van der Waals surface area contributed by atoms with Crippen molar-refractivity contribution in [3.05, 3.63) is 12.2 Å². The summed E-state index contributed by atoms with van der Waals surface area (Å²) in [5.41, 5.74) is -1.02. The van der Waals surface area contributed by atoms with Crippen molar-refractivity contribution in [1.82, 2.24) is 0 Å². The lowest BCUT2D eigenvalue weighted by Gasteiger charge is -2.34. The van der Waals surface area contributed by atoms with Crippen molar-refractivity contribution in [1.29, 1.82) is 0 Å². The van der Waals surface area contributed by atoms with Gasteiger partial charge in [0.2, 0.25) is 0 Å². The summed E-state index contributed by atoms with van der Waals surface area (Å²) in [4.78, 5) is 0. The first-order valence-corrected chi connectivity index (χ1v) is 4.53. The lowest BCUT2D eigenvalue weighted by molar-refractivity contribution is -0.0447. The maximum Gasteiger partial charge on any atom is 0.106 e. The highest BCUT2D eigenvalue weighted by atomic mass is 16.3. The summed E-state index contributed by atoms with van der Waals surface area (Å²) in [7, 11) is 0. The Labute approximate surface area is 73.9 Å². The van der Waals surface area contributed by atoms with E-state index < -0.39 is 11.7 Å². The second-order valence-electron chi connectivity index (χ2n) is 4.24. The van der Waals surface area contributed by atoms with E-state index in [1.165, 1.54) is 0 Å². The summed E-state index contributed by atoms with van der Waals surface area (Å²) < 4.78 is 0. The Morgan fingerprint density at radius 1 is 1.50 bits per heavy atom. The summed E-state index contributed by atoms with van der Waals surface area (Å²) in [6.45, 7) is 5.90. The molecule has 0 aromatic heterocycles. The predicted octanol–water partition coefficient (Wildman–Crippen LogP) is 1.33. The first-order chi connectivity index (χ1) is 5.43. The normalized spacial score (nSPS) is 42.2. The van der Waals surface area contributed by atoms with Crippen LogP contribution in [0.5, 0.6) is 0 Å². The molecule has 0 aliphatic heterocycles. The van der Waals surface area contributed by atoms with E-state index in [4.69, 9.17) is 0 Å². The van der Waals surface area contributed by atoms with Gasteiger partial charge >= 0.3 is 0 Å². The van der Waals surface area contributed by atoms with Gasteiger partial charge in [-0.2, -0.15) is 0 Å². The van der Waals surface area contributed by atoms with Crippen LogP contribution in [-0.4, -0.2) is 21.9 Å². The van der Waals surface area contributed by atoms with Gasteiger partial charge in [-0.3, -0.25) is 0 Å². The summed E-state index contributed by atoms with van der Waals surface area (Å²) in [5.74, 6) is 0.937. The smallest absolute Gasteiger partial charge is 0.106 e. The van der Waals surface area contributed by atoms with Crippen molar-refractivity contribution < 1.29 is 10.2 Å². The first kappa shape index (κ1) is 9.75. The molecule has 0 fully saturated rings. The zero-order chi connectivity index (χ0) is 9.35. The van der Waals surface area contributed by atoms with Crippen LogP contribution >= 0.6 is 0 Å². The molecule has 0 unspecified atom stereocenters. The Kier molecular flexibility index (Phi) is 2.59. The minimum atomic E-state index is -1.02. The van der Waals surface area contributed by atoms with E-state index in [0.29, 0.717) is 18.3 Å². The van der Waals surface area contributed by atoms with Crippen LogP contribution in [-0.2, 0) is 0 Å². The predicted molar refractivity (Wildman–Crippen MR) is 48.7 cm³/mol. The molecular formula is C10H18O2. The van der Waals surface area contributed by atoms with Gasteiger partial charge in [0.05, 0.1) is 6.10 Å². The third-order valence-electron chi connectivity index (χ3n) is 2.71. The van der Waals surface area contributed by atoms with Gasteiger partial charge in [-0.05, 0) is 25.2 Å². The van der Waals surface area contributed by atoms with Crippen LogP contribution in [0.25, 0.3) is 0 Å². The van der Waals surface area contributed by atoms with Crippen LogP contribution in [0, 0.1) is 11.8 Å². The standard InChI is InChI=1S/C10H18O2/c1-7(2)8-4-5-10(3,12)9(11)6-8/h4-5,7-9,11-12H,6H2,1-3H3/t8-,9+,10-/m1/s1. The molecule has 2 nitrogen and oxygen atoms in total. The van der Waals surface area contributed by atoms with Gasteiger partial charge in [-0.25, -0.2) is 0 Å². The second-order valence-corrected chi connectivity index (χ2v) is 4.24. The average Bonchev–Trinajstić information content (AvgIpc) is 1.94. The van der Waals surface area contributed by atoms with Gasteiger partial charge in [0.1, 0.15) is 5.60 Å². The molecular weight excluding hydrogens is 152 g/mol. The van der Waals surface area contributed by atoms with Crippen LogP contribution in [0.1, 0.15) is 27.2 Å². The molecule has 0 bridgehead atoms. The third-order valence-corrected chi connectivity index (χ3v) is 2.71. The summed E-state index contributed by atoms with van der Waals surface area (Å²) in [6, 6.07) is 0. The van der Waals surface area contributed by atoms with E-state index in [0.717, 1.165) is 0 Å². The Morgan fingerprint density at radius 3 is 2.50 bits per heavy atom. The van der Waals surface area contributed by atoms with Crippen molar-refractivity contribution in [3.63, 3.8) is 0 Å². The Hall–Kier alpha value is -0.340. The molecule has 12 heavy (non-hydrogen) atoms. The molecule has 3 atom stereocenters. The highest BCUT2D eigenvalue weighted by molar-refractivity contribution is 5.10. The van der Waals surface area contributed by atoms with E-state index in [2.05, 4.69) is 13.8 Å². The molecule has 0 aromatic rings. The van der Waals surface area contributed by atoms with Gasteiger partial charge in [0.15, 0.2) is 0 Å². The minimum absolute atomic E-state index is 0.403. The number of rotatable bonds is 1. The quantitative estimate of drug-likeness (QED) is 0.583. The van der Waals surface area contributed by atoms with Crippen molar-refractivity contribution in [3.8, 4) is 0 Å². The van der Waals surface area contributed by atoms with E-state index in [-0.39, 0.29) is 0 Å². The molecule has 2 heteroatoms. The maximum absolute atomic E-state index is 9.61. The van der Waals surface area contributed by atoms with Gasteiger partial charge in [-0.15, -0.1) is 0 Å². The zero-order valence-electron chi connectivity index (χ0n) is 7.99. The Morgan fingerprint density at radius 2 is 2.08 bits per heavy atom. The molecule has 0 radical (unpaired) electrons. The van der Waals surface area contributed by atoms with Gasteiger partial charge < -0.3 is 10.2 Å². The average molecular weight is 170 g/mol. The molecule has 0 saturated heterocycles. The topological polar surface area (TPSA) is 40.5 Å². The molecule has 1 aliphatic carbocycles. The molecule has 0 saturated carbocycles. The third kappa shape index (κ3) is 1.87. The maximum atomic E-state index is 9.61. The van der Waals surface area contributed by atoms with Gasteiger partial charge in [-0.1, -0.05) is 26.0 Å². The molecule has 2 N–H and O–H groups in total. The number of aliphatic hydroxyl groups excluding tert-OH is 1. The molecule has 0 aromatic carbocycles. The fourth-order valence-corrected chi connectivity index (χ4v) is 1.50. The number of aliphatic hydroxyl groups is 2. The van der Waals surface area contributed by atoms with E-state index in [1.807, 2.05) is 6.08 Å². The molecule has 0 spiro atoms. The van der Waals surface area contributed by atoms with Crippen LogP contribution in [0.15, 0.2) is 12.2 Å². The van der Waals surface area contributed by atoms with Crippen molar-refractivity contribution >= 4 is 0 Å². The fourth-order valence-electron chi connectivity index (χ4n) is 1.50. The number of allylic oxidation sites excluding steroid dienone is 1. The van der Waals surface area contributed by atoms with Crippen LogP contribution in [0.4, 0.5) is 0 Å². The summed E-state index contributed by atoms with van der Waals surface area (Å²) in [5, 5.41) is 19.2. The molecule has 0 heterocycles. The lowest BCUT2D eigenvalue weighted by Crippen LogP contribution is -2.41. The van der Waals surface area contributed by atoms with Gasteiger partial charge in [0.25, 0.3) is 0 Å². The molecule has 1 rings (SSSR count). The highest BCUT2D eigenvalue weighted by Crippen LogP contribution is 2.29. The number of hydrogen-bond acceptors (Lipinski definition) is 2. The largest absolute Gasteiger partial charge is 0.390 e. The van der Waals surface area contributed by atoms with Crippen molar-refractivity contribution in [2.75, 3.05) is 0 Å². The highest BCUT2D eigenvalue weighted by Gasteiger charge is 2.33. The van der Waals surface area contributed by atoms with E-state index in [9.17, 15) is 10.2 Å². The van der Waals surface area contributed by atoms with E-state index >= 15 is 0 Å². The fraction of sp³-hybridized carbons (Fsp3) is 0.800. The molecule has 0 amide bonds. The van der Waals surface area contributed by atoms with Crippen molar-refractivity contribution in [2.24, 2.45) is 11.8 Å². The van der Waals surface area contributed by atoms with E-state index in [1.54, 1.807) is 13.0 Å². The molecule has 70 valence electrons. The van der Waals surface area contributed by atoms with Crippen molar-refractivity contribution in [2.45, 2.75) is 38.9 Å². The lowest BCUT2D eigenvalue weighted by atomic mass is 9.79. The first-order valence-electron chi connectivity index (χ1n) is 4.53. The van der Waals surface area contributed by atoms with Crippen LogP contribution < -0.4 is 0 Å². The Bertz CT molecular complexity index is 182. The monoisotopic (exact) mass is 170 g/mol. The summed E-state index contributed by atoms with van der Waals surface area (Å²) in [6.07, 6.45) is 3.78.